The van der Waals surface area contributed by atoms with Crippen LogP contribution in [0.5, 0.6) is 5.88 Å². The van der Waals surface area contributed by atoms with Gasteiger partial charge in [-0.25, -0.2) is 4.79 Å². The van der Waals surface area contributed by atoms with Crippen molar-refractivity contribution in [3.63, 3.8) is 0 Å². The van der Waals surface area contributed by atoms with E-state index in [0.717, 1.165) is 15.4 Å². The minimum Gasteiger partial charge on any atom is -0.494 e. The van der Waals surface area contributed by atoms with Crippen LogP contribution < -0.4 is 0 Å². The molecule has 0 spiro atoms. The Balaban J connectivity index is 1.87. The first-order chi connectivity index (χ1) is 11.6. The highest BCUT2D eigenvalue weighted by molar-refractivity contribution is 9.10. The third-order valence-corrected chi connectivity index (χ3v) is 3.99. The number of nitrogens with one attached hydrogen (secondary N) is 1. The number of nitrogens with zero attached hydrogens (tertiary/aromatic N) is 1. The zero-order valence-corrected chi connectivity index (χ0v) is 14.5. The van der Waals surface area contributed by atoms with Crippen LogP contribution in [0.2, 0.25) is 0 Å². The summed E-state index contributed by atoms with van der Waals surface area (Å²) in [5, 5.41) is 10.9. The molecule has 1 heterocycles. The van der Waals surface area contributed by atoms with Crippen molar-refractivity contribution in [2.75, 3.05) is 6.61 Å². The third-order valence-electron chi connectivity index (χ3n) is 3.50. The summed E-state index contributed by atoms with van der Waals surface area (Å²) in [6.07, 6.45) is 1.60. The predicted octanol–water partition coefficient (Wildman–Crippen LogP) is 4.56. The highest BCUT2D eigenvalue weighted by atomic mass is 79.9. The molecule has 24 heavy (non-hydrogen) atoms. The number of hydrogen-bond donors (Lipinski definition) is 2. The minimum absolute atomic E-state index is 0.0648. The Labute approximate surface area is 147 Å². The number of aromatic hydroxyl groups is 1. The van der Waals surface area contributed by atoms with Crippen molar-refractivity contribution in [2.24, 2.45) is 4.99 Å². The van der Waals surface area contributed by atoms with Gasteiger partial charge in [-0.15, -0.1) is 0 Å². The molecule has 2 aromatic carbocycles. The van der Waals surface area contributed by atoms with Crippen molar-refractivity contribution >= 4 is 44.7 Å². The van der Waals surface area contributed by atoms with E-state index in [0.29, 0.717) is 23.4 Å². The summed E-state index contributed by atoms with van der Waals surface area (Å²) in [7, 11) is 0. The fourth-order valence-electron chi connectivity index (χ4n) is 2.34. The zero-order valence-electron chi connectivity index (χ0n) is 12.9. The Morgan fingerprint density at radius 3 is 2.75 bits per heavy atom. The van der Waals surface area contributed by atoms with Gasteiger partial charge in [-0.3, -0.25) is 4.99 Å². The van der Waals surface area contributed by atoms with E-state index < -0.39 is 0 Å². The van der Waals surface area contributed by atoms with E-state index in [9.17, 15) is 9.90 Å². The number of benzene rings is 2. The van der Waals surface area contributed by atoms with Gasteiger partial charge in [0, 0.05) is 21.6 Å². The molecule has 0 bridgehead atoms. The Morgan fingerprint density at radius 1 is 1.29 bits per heavy atom. The summed E-state index contributed by atoms with van der Waals surface area (Å²) < 4.78 is 5.86. The van der Waals surface area contributed by atoms with E-state index >= 15 is 0 Å². The summed E-state index contributed by atoms with van der Waals surface area (Å²) in [4.78, 5) is 18.9. The van der Waals surface area contributed by atoms with Crippen molar-refractivity contribution in [1.82, 2.24) is 4.98 Å². The smallest absolute Gasteiger partial charge is 0.338 e. The molecule has 0 atom stereocenters. The number of esters is 1. The highest BCUT2D eigenvalue weighted by Crippen LogP contribution is 2.28. The summed E-state index contributed by atoms with van der Waals surface area (Å²) in [5.41, 5.74) is 2.59. The predicted molar refractivity (Wildman–Crippen MR) is 97.3 cm³/mol. The fourth-order valence-corrected chi connectivity index (χ4v) is 2.70. The van der Waals surface area contributed by atoms with Crippen LogP contribution in [0.4, 0.5) is 5.69 Å². The monoisotopic (exact) mass is 386 g/mol. The molecular weight excluding hydrogens is 372 g/mol. The maximum Gasteiger partial charge on any atom is 0.338 e. The molecule has 1 aromatic heterocycles. The lowest BCUT2D eigenvalue weighted by Gasteiger charge is -2.01. The number of halogens is 1. The van der Waals surface area contributed by atoms with Crippen LogP contribution in [0.15, 0.2) is 51.9 Å². The number of ether oxygens (including phenoxy) is 1. The number of H-pyrrole nitrogens is 1. The van der Waals surface area contributed by atoms with Crippen molar-refractivity contribution in [2.45, 2.75) is 6.92 Å². The maximum atomic E-state index is 11.6. The standard InChI is InChI=1S/C18H15BrN2O3/c1-2-24-18(23)11-3-6-13(7-4-11)20-10-15-14-9-12(19)5-8-16(14)21-17(15)22/h3-10,21-22H,2H2,1H3. The molecule has 0 amide bonds. The first kappa shape index (κ1) is 16.3. The third kappa shape index (κ3) is 3.33. The molecule has 6 heteroatoms. The number of hydrogen-bond acceptors (Lipinski definition) is 4. The van der Waals surface area contributed by atoms with Crippen LogP contribution in [0.25, 0.3) is 10.9 Å². The summed E-state index contributed by atoms with van der Waals surface area (Å²) in [6.45, 7) is 2.11. The first-order valence-electron chi connectivity index (χ1n) is 7.40. The van der Waals surface area contributed by atoms with Crippen LogP contribution in [-0.4, -0.2) is 28.9 Å². The van der Waals surface area contributed by atoms with E-state index in [2.05, 4.69) is 25.9 Å². The minimum atomic E-state index is -0.354. The van der Waals surface area contributed by atoms with Gasteiger partial charge in [0.1, 0.15) is 0 Å². The van der Waals surface area contributed by atoms with E-state index in [4.69, 9.17) is 4.74 Å². The number of aliphatic imine (C=N–C) groups is 1. The Morgan fingerprint density at radius 2 is 2.04 bits per heavy atom. The Hall–Kier alpha value is -2.60. The van der Waals surface area contributed by atoms with Gasteiger partial charge in [0.25, 0.3) is 0 Å². The normalized spacial score (nSPS) is 11.2. The summed E-state index contributed by atoms with van der Waals surface area (Å²) in [6, 6.07) is 12.5. The lowest BCUT2D eigenvalue weighted by atomic mass is 10.2. The van der Waals surface area contributed by atoms with Gasteiger partial charge in [-0.05, 0) is 49.4 Å². The van der Waals surface area contributed by atoms with Gasteiger partial charge in [0.05, 0.1) is 23.4 Å². The van der Waals surface area contributed by atoms with E-state index in [1.54, 1.807) is 37.4 Å². The molecule has 2 N–H and O–H groups in total. The molecule has 0 aliphatic heterocycles. The molecule has 0 aliphatic rings. The summed E-state index contributed by atoms with van der Waals surface area (Å²) >= 11 is 3.42. The van der Waals surface area contributed by atoms with Crippen LogP contribution in [0.1, 0.15) is 22.8 Å². The average Bonchev–Trinajstić information content (AvgIpc) is 2.88. The molecule has 3 rings (SSSR count). The SMILES string of the molecule is CCOC(=O)c1ccc(N=Cc2c(O)[nH]c3ccc(Br)cc23)cc1. The second-order valence-electron chi connectivity index (χ2n) is 5.10. The van der Waals surface area contributed by atoms with Crippen LogP contribution >= 0.6 is 15.9 Å². The van der Waals surface area contributed by atoms with Crippen molar-refractivity contribution < 1.29 is 14.6 Å². The highest BCUT2D eigenvalue weighted by Gasteiger charge is 2.09. The molecule has 5 nitrogen and oxygen atoms in total. The number of fused-ring (bicyclic) bond motifs is 1. The maximum absolute atomic E-state index is 11.6. The van der Waals surface area contributed by atoms with Crippen molar-refractivity contribution in [1.29, 1.82) is 0 Å². The van der Waals surface area contributed by atoms with Gasteiger partial charge < -0.3 is 14.8 Å². The van der Waals surface area contributed by atoms with Gasteiger partial charge in [-0.1, -0.05) is 15.9 Å². The van der Waals surface area contributed by atoms with Gasteiger partial charge in [0.2, 0.25) is 0 Å². The second-order valence-corrected chi connectivity index (χ2v) is 6.02. The molecule has 0 saturated carbocycles. The fraction of sp³-hybridized carbons (Fsp3) is 0.111. The van der Waals surface area contributed by atoms with Gasteiger partial charge >= 0.3 is 5.97 Å². The van der Waals surface area contributed by atoms with Crippen LogP contribution in [0, 0.1) is 0 Å². The topological polar surface area (TPSA) is 74.7 Å². The zero-order chi connectivity index (χ0) is 17.1. The van der Waals surface area contributed by atoms with Crippen LogP contribution in [-0.2, 0) is 4.74 Å². The van der Waals surface area contributed by atoms with Gasteiger partial charge in [-0.2, -0.15) is 0 Å². The molecule has 0 radical (unpaired) electrons. The van der Waals surface area contributed by atoms with E-state index in [1.807, 2.05) is 18.2 Å². The van der Waals surface area contributed by atoms with E-state index in [-0.39, 0.29) is 11.8 Å². The quantitative estimate of drug-likeness (QED) is 0.509. The molecule has 3 aromatic rings. The van der Waals surface area contributed by atoms with Crippen molar-refractivity contribution in [3.8, 4) is 5.88 Å². The second kappa shape index (κ2) is 6.88. The molecule has 0 fully saturated rings. The molecule has 122 valence electrons. The van der Waals surface area contributed by atoms with Crippen molar-refractivity contribution in [3.05, 3.63) is 58.1 Å². The largest absolute Gasteiger partial charge is 0.494 e. The van der Waals surface area contributed by atoms with Crippen LogP contribution in [0.3, 0.4) is 0 Å². The van der Waals surface area contributed by atoms with Gasteiger partial charge in [0.15, 0.2) is 5.88 Å². The molecular formula is C18H15BrN2O3. The average molecular weight is 387 g/mol. The number of rotatable bonds is 4. The first-order valence-corrected chi connectivity index (χ1v) is 8.19. The summed E-state index contributed by atoms with van der Waals surface area (Å²) in [5.74, 6) is -0.290. The Kier molecular flexibility index (Phi) is 4.66. The lowest BCUT2D eigenvalue weighted by Crippen LogP contribution is -2.03. The molecule has 0 saturated heterocycles. The lowest BCUT2D eigenvalue weighted by molar-refractivity contribution is 0.0526. The number of carbonyl (C=O) groups is 1. The number of carbonyl (C=O) groups excluding carboxylic acids is 1. The molecule has 0 aliphatic carbocycles. The molecule has 0 unspecified atom stereocenters. The Bertz CT molecular complexity index is 914. The number of aromatic amines is 1. The number of aromatic nitrogens is 1. The van der Waals surface area contributed by atoms with E-state index in [1.165, 1.54) is 0 Å².